The van der Waals surface area contributed by atoms with Crippen molar-refractivity contribution in [3.05, 3.63) is 69.8 Å². The summed E-state index contributed by atoms with van der Waals surface area (Å²) in [6, 6.07) is 11.3. The Morgan fingerprint density at radius 2 is 1.64 bits per heavy atom. The number of ether oxygens (including phenoxy) is 1. The zero-order valence-corrected chi connectivity index (χ0v) is 20.4. The van der Waals surface area contributed by atoms with Gasteiger partial charge in [0.15, 0.2) is 5.78 Å². The Bertz CT molecular complexity index is 1090. The number of fused-ring (bicyclic) bond motifs is 2. The van der Waals surface area contributed by atoms with E-state index in [0.29, 0.717) is 12.0 Å². The zero-order valence-electron chi connectivity index (χ0n) is 20.4. The fourth-order valence-corrected chi connectivity index (χ4v) is 5.65. The SMILES string of the molecule is COC(=O)c1ccc(C(C=O)C2CCCc3cc4c(cc3C2=O)C(C)(C)CCC4(C)C)cc1. The lowest BCUT2D eigenvalue weighted by atomic mass is 9.62. The molecule has 0 N–H and O–H groups in total. The highest BCUT2D eigenvalue weighted by molar-refractivity contribution is 6.02. The number of hydrogen-bond acceptors (Lipinski definition) is 4. The molecule has 174 valence electrons. The fraction of sp³-hybridized carbons (Fsp3) is 0.483. The minimum Gasteiger partial charge on any atom is -0.465 e. The van der Waals surface area contributed by atoms with Crippen molar-refractivity contribution in [2.45, 2.75) is 76.5 Å². The summed E-state index contributed by atoms with van der Waals surface area (Å²) in [6.45, 7) is 9.14. The van der Waals surface area contributed by atoms with Gasteiger partial charge in [-0.15, -0.1) is 0 Å². The largest absolute Gasteiger partial charge is 0.465 e. The molecule has 0 saturated heterocycles. The van der Waals surface area contributed by atoms with E-state index < -0.39 is 17.8 Å². The maximum Gasteiger partial charge on any atom is 0.337 e. The molecule has 0 amide bonds. The summed E-state index contributed by atoms with van der Waals surface area (Å²) < 4.78 is 4.77. The molecule has 2 unspecified atom stereocenters. The highest BCUT2D eigenvalue weighted by Crippen LogP contribution is 2.47. The number of carbonyl (C=O) groups excluding carboxylic acids is 3. The second-order valence-electron chi connectivity index (χ2n) is 11.0. The maximum absolute atomic E-state index is 13.9. The van der Waals surface area contributed by atoms with Gasteiger partial charge < -0.3 is 9.53 Å². The van der Waals surface area contributed by atoms with Crippen molar-refractivity contribution in [1.29, 1.82) is 0 Å². The minimum atomic E-state index is -0.532. The average molecular weight is 447 g/mol. The van der Waals surface area contributed by atoms with Crippen LogP contribution in [0, 0.1) is 5.92 Å². The van der Waals surface area contributed by atoms with Gasteiger partial charge in [-0.3, -0.25) is 4.79 Å². The number of benzene rings is 2. The molecule has 0 fully saturated rings. The summed E-state index contributed by atoms with van der Waals surface area (Å²) in [5.41, 5.74) is 5.87. The van der Waals surface area contributed by atoms with Crippen molar-refractivity contribution in [3.63, 3.8) is 0 Å². The number of hydrogen-bond donors (Lipinski definition) is 0. The molecular weight excluding hydrogens is 412 g/mol. The van der Waals surface area contributed by atoms with E-state index in [0.717, 1.165) is 48.7 Å². The van der Waals surface area contributed by atoms with Crippen molar-refractivity contribution in [3.8, 4) is 0 Å². The first-order valence-corrected chi connectivity index (χ1v) is 11.9. The Labute approximate surface area is 196 Å². The first kappa shape index (κ1) is 23.4. The summed E-state index contributed by atoms with van der Waals surface area (Å²) in [4.78, 5) is 37.9. The molecule has 2 aromatic rings. The van der Waals surface area contributed by atoms with Crippen LogP contribution in [0.3, 0.4) is 0 Å². The van der Waals surface area contributed by atoms with Crippen molar-refractivity contribution < 1.29 is 19.1 Å². The lowest BCUT2D eigenvalue weighted by Crippen LogP contribution is -2.34. The first-order chi connectivity index (χ1) is 15.6. The van der Waals surface area contributed by atoms with E-state index in [1.54, 1.807) is 24.3 Å². The predicted molar refractivity (Wildman–Crippen MR) is 129 cm³/mol. The van der Waals surface area contributed by atoms with Gasteiger partial charge in [-0.05, 0) is 83.4 Å². The first-order valence-electron chi connectivity index (χ1n) is 11.9. The van der Waals surface area contributed by atoms with E-state index in [-0.39, 0.29) is 16.6 Å². The maximum atomic E-state index is 13.9. The van der Waals surface area contributed by atoms with E-state index in [1.165, 1.54) is 18.2 Å². The normalized spacial score (nSPS) is 21.8. The van der Waals surface area contributed by atoms with Crippen LogP contribution < -0.4 is 0 Å². The number of methoxy groups -OCH3 is 1. The monoisotopic (exact) mass is 446 g/mol. The second-order valence-corrected chi connectivity index (χ2v) is 11.0. The van der Waals surface area contributed by atoms with Gasteiger partial charge >= 0.3 is 5.97 Å². The highest BCUT2D eigenvalue weighted by Gasteiger charge is 2.40. The molecule has 0 saturated carbocycles. The molecular formula is C29H34O4. The van der Waals surface area contributed by atoms with Crippen molar-refractivity contribution in [2.75, 3.05) is 7.11 Å². The summed E-state index contributed by atoms with van der Waals surface area (Å²) in [7, 11) is 1.34. The second kappa shape index (κ2) is 8.55. The van der Waals surface area contributed by atoms with Crippen LogP contribution >= 0.6 is 0 Å². The number of esters is 1. The number of carbonyl (C=O) groups is 3. The number of Topliss-reactive ketones (excluding diaryl/α,β-unsaturated/α-hetero) is 1. The minimum absolute atomic E-state index is 0.0236. The summed E-state index contributed by atoms with van der Waals surface area (Å²) in [6.07, 6.45) is 5.52. The van der Waals surface area contributed by atoms with Crippen LogP contribution in [0.5, 0.6) is 0 Å². The van der Waals surface area contributed by atoms with Crippen LogP contribution in [0.4, 0.5) is 0 Å². The topological polar surface area (TPSA) is 60.4 Å². The Kier molecular flexibility index (Phi) is 6.07. The van der Waals surface area contributed by atoms with Gasteiger partial charge in [0.05, 0.1) is 12.7 Å². The lowest BCUT2D eigenvalue weighted by Gasteiger charge is -2.42. The molecule has 4 nitrogen and oxygen atoms in total. The Hall–Kier alpha value is -2.75. The van der Waals surface area contributed by atoms with E-state index >= 15 is 0 Å². The standard InChI is InChI=1S/C29H34O4/c1-28(2)13-14-29(3,4)25-16-22-20(15-24(25)28)7-6-8-21(26(22)31)23(17-30)18-9-11-19(12-10-18)27(32)33-5/h9-12,15-17,21,23H,6-8,13-14H2,1-5H3. The van der Waals surface area contributed by atoms with Crippen LogP contribution in [0.25, 0.3) is 0 Å². The fourth-order valence-electron chi connectivity index (χ4n) is 5.65. The lowest BCUT2D eigenvalue weighted by molar-refractivity contribution is -0.109. The molecule has 2 aliphatic rings. The van der Waals surface area contributed by atoms with Gasteiger partial charge in [0, 0.05) is 17.4 Å². The molecule has 4 rings (SSSR count). The van der Waals surface area contributed by atoms with E-state index in [9.17, 15) is 14.4 Å². The van der Waals surface area contributed by atoms with E-state index in [1.807, 2.05) is 0 Å². The number of ketones is 1. The Morgan fingerprint density at radius 1 is 1.03 bits per heavy atom. The van der Waals surface area contributed by atoms with Crippen LogP contribution in [-0.2, 0) is 26.8 Å². The predicted octanol–water partition coefficient (Wildman–Crippen LogP) is 5.94. The smallest absolute Gasteiger partial charge is 0.337 e. The molecule has 33 heavy (non-hydrogen) atoms. The van der Waals surface area contributed by atoms with Gasteiger partial charge in [0.25, 0.3) is 0 Å². The van der Waals surface area contributed by atoms with Crippen molar-refractivity contribution in [2.24, 2.45) is 5.92 Å². The molecule has 0 aliphatic heterocycles. The quantitative estimate of drug-likeness (QED) is 0.331. The molecule has 0 aromatic heterocycles. The third-order valence-corrected chi connectivity index (χ3v) is 7.94. The highest BCUT2D eigenvalue weighted by atomic mass is 16.5. The Morgan fingerprint density at radius 3 is 2.21 bits per heavy atom. The summed E-state index contributed by atoms with van der Waals surface area (Å²) >= 11 is 0. The molecule has 2 aliphatic carbocycles. The van der Waals surface area contributed by atoms with Crippen LogP contribution in [0.2, 0.25) is 0 Å². The third-order valence-electron chi connectivity index (χ3n) is 7.94. The van der Waals surface area contributed by atoms with Gasteiger partial charge in [-0.25, -0.2) is 4.79 Å². The van der Waals surface area contributed by atoms with Gasteiger partial charge in [-0.2, -0.15) is 0 Å². The number of aryl methyl sites for hydroxylation is 1. The van der Waals surface area contributed by atoms with Crippen molar-refractivity contribution in [1.82, 2.24) is 0 Å². The summed E-state index contributed by atoms with van der Waals surface area (Å²) in [5, 5.41) is 0. The molecule has 2 atom stereocenters. The number of rotatable bonds is 4. The van der Waals surface area contributed by atoms with Crippen molar-refractivity contribution >= 4 is 18.0 Å². The van der Waals surface area contributed by atoms with Gasteiger partial charge in [0.2, 0.25) is 0 Å². The average Bonchev–Trinajstić information content (AvgIpc) is 2.96. The van der Waals surface area contributed by atoms with Crippen LogP contribution in [-0.4, -0.2) is 25.1 Å². The molecule has 0 radical (unpaired) electrons. The summed E-state index contributed by atoms with van der Waals surface area (Å²) in [5.74, 6) is -1.28. The van der Waals surface area contributed by atoms with Crippen LogP contribution in [0.1, 0.15) is 102 Å². The van der Waals surface area contributed by atoms with Gasteiger partial charge in [-0.1, -0.05) is 45.9 Å². The molecule has 4 heteroatoms. The van der Waals surface area contributed by atoms with Crippen LogP contribution in [0.15, 0.2) is 36.4 Å². The molecule has 0 spiro atoms. The van der Waals surface area contributed by atoms with E-state index in [2.05, 4.69) is 39.8 Å². The third kappa shape index (κ3) is 4.16. The molecule has 2 aromatic carbocycles. The zero-order chi connectivity index (χ0) is 24.0. The Balaban J connectivity index is 1.73. The van der Waals surface area contributed by atoms with Gasteiger partial charge in [0.1, 0.15) is 6.29 Å². The number of aldehydes is 1. The molecule has 0 bridgehead atoms. The van der Waals surface area contributed by atoms with E-state index in [4.69, 9.17) is 4.74 Å². The molecule has 0 heterocycles.